The first-order chi connectivity index (χ1) is 16.1. The lowest BCUT2D eigenvalue weighted by Gasteiger charge is -2.25. The van der Waals surface area contributed by atoms with Gasteiger partial charge in [0.2, 0.25) is 21.8 Å². The molecule has 6 N–H and O–H groups in total. The molecule has 0 spiro atoms. The second-order valence-electron chi connectivity index (χ2n) is 8.43. The van der Waals surface area contributed by atoms with Crippen LogP contribution < -0.4 is 21.5 Å². The number of amides is 2. The highest BCUT2D eigenvalue weighted by atomic mass is 32.2. The zero-order valence-corrected chi connectivity index (χ0v) is 20.2. The first-order valence-electron chi connectivity index (χ1n) is 11.2. The molecule has 1 saturated heterocycles. The normalized spacial score (nSPS) is 17.5. The summed E-state index contributed by atoms with van der Waals surface area (Å²) in [7, 11) is -3.77. The number of aldehydes is 1. The van der Waals surface area contributed by atoms with Gasteiger partial charge in [0.25, 0.3) is 0 Å². The monoisotopic (exact) mass is 494 g/mol. The number of nitrogens with two attached hydrogens (primary N) is 2. The number of hydrogen-bond acceptors (Lipinski definition) is 6. The lowest BCUT2D eigenvalue weighted by molar-refractivity contribution is -0.137. The van der Waals surface area contributed by atoms with E-state index in [0.29, 0.717) is 57.0 Å². The number of rotatable bonds is 12. The molecule has 1 aliphatic rings. The van der Waals surface area contributed by atoms with Crippen molar-refractivity contribution < 1.29 is 22.8 Å². The molecular weight excluding hydrogens is 460 g/mol. The molecule has 0 aromatic heterocycles. The standard InChI is InChI=1S/C22H34N6O5S/c1-16-6-4-7-17(12-16)15-34(32,33)27-19-9-2-3-11-28(21(19)31)13-20(30)26-18(14-29)8-5-10-25-22(23)24/h4,6-7,12,14,18-19,27H,2-3,5,8-11,13,15H2,1H3,(H,26,30)(H4,23,24,25). The smallest absolute Gasteiger partial charge is 0.241 e. The first kappa shape index (κ1) is 27.3. The summed E-state index contributed by atoms with van der Waals surface area (Å²) in [5.41, 5.74) is 12.1. The number of hydrogen-bond donors (Lipinski definition) is 4. The number of nitrogens with zero attached hydrogens (tertiary/aromatic N) is 2. The Hall–Kier alpha value is -2.99. The van der Waals surface area contributed by atoms with Crippen LogP contribution in [0.5, 0.6) is 0 Å². The van der Waals surface area contributed by atoms with Crippen LogP contribution in [-0.2, 0) is 30.2 Å². The fourth-order valence-electron chi connectivity index (χ4n) is 3.77. The molecule has 0 bridgehead atoms. The third-order valence-corrected chi connectivity index (χ3v) is 6.71. The molecule has 1 aromatic rings. The molecule has 34 heavy (non-hydrogen) atoms. The predicted molar refractivity (Wildman–Crippen MR) is 129 cm³/mol. The molecule has 0 aliphatic carbocycles. The van der Waals surface area contributed by atoms with Gasteiger partial charge >= 0.3 is 0 Å². The van der Waals surface area contributed by atoms with Crippen molar-refractivity contribution in [2.75, 3.05) is 19.6 Å². The molecule has 1 heterocycles. The molecule has 188 valence electrons. The number of carbonyl (C=O) groups excluding carboxylic acids is 3. The fourth-order valence-corrected chi connectivity index (χ4v) is 5.12. The number of aryl methyl sites for hydroxylation is 1. The zero-order valence-electron chi connectivity index (χ0n) is 19.4. The lowest BCUT2D eigenvalue weighted by Crippen LogP contribution is -2.51. The van der Waals surface area contributed by atoms with E-state index < -0.39 is 33.9 Å². The highest BCUT2D eigenvalue weighted by Crippen LogP contribution is 2.15. The Labute approximate surface area is 200 Å². The SMILES string of the molecule is Cc1cccc(CS(=O)(=O)NC2CCCCN(CC(=O)NC(C=O)CCCN=C(N)N)C2=O)c1. The molecule has 2 unspecified atom stereocenters. The summed E-state index contributed by atoms with van der Waals surface area (Å²) in [6, 6.07) is 5.49. The first-order valence-corrected chi connectivity index (χ1v) is 12.9. The van der Waals surface area contributed by atoms with Gasteiger partial charge in [-0.05, 0) is 44.6 Å². The van der Waals surface area contributed by atoms with Crippen LogP contribution in [0.3, 0.4) is 0 Å². The third kappa shape index (κ3) is 9.48. The number of sulfonamides is 1. The minimum absolute atomic E-state index is 0.0459. The van der Waals surface area contributed by atoms with Crippen LogP contribution in [0.25, 0.3) is 0 Å². The van der Waals surface area contributed by atoms with Gasteiger partial charge in [0, 0.05) is 13.1 Å². The van der Waals surface area contributed by atoms with Crippen LogP contribution >= 0.6 is 0 Å². The molecule has 2 atom stereocenters. The van der Waals surface area contributed by atoms with Crippen LogP contribution in [0, 0.1) is 6.92 Å². The van der Waals surface area contributed by atoms with E-state index in [9.17, 15) is 22.8 Å². The summed E-state index contributed by atoms with van der Waals surface area (Å²) in [5, 5.41) is 2.59. The van der Waals surface area contributed by atoms with Gasteiger partial charge in [0.05, 0.1) is 18.3 Å². The third-order valence-electron chi connectivity index (χ3n) is 5.35. The van der Waals surface area contributed by atoms with Crippen molar-refractivity contribution in [2.24, 2.45) is 16.5 Å². The van der Waals surface area contributed by atoms with Crippen molar-refractivity contribution in [1.82, 2.24) is 14.9 Å². The van der Waals surface area contributed by atoms with Crippen molar-refractivity contribution in [1.29, 1.82) is 0 Å². The Morgan fingerprint density at radius 2 is 2.09 bits per heavy atom. The van der Waals surface area contributed by atoms with Crippen LogP contribution in [0.15, 0.2) is 29.3 Å². The second-order valence-corrected chi connectivity index (χ2v) is 10.2. The molecule has 2 rings (SSSR count). The summed E-state index contributed by atoms with van der Waals surface area (Å²) in [6.07, 6.45) is 3.11. The number of carbonyl (C=O) groups is 3. The van der Waals surface area contributed by atoms with Gasteiger partial charge in [0.15, 0.2) is 5.96 Å². The average molecular weight is 495 g/mol. The van der Waals surface area contributed by atoms with Gasteiger partial charge in [-0.1, -0.05) is 29.8 Å². The van der Waals surface area contributed by atoms with E-state index in [1.807, 2.05) is 13.0 Å². The maximum Gasteiger partial charge on any atom is 0.241 e. The van der Waals surface area contributed by atoms with Crippen molar-refractivity contribution in [3.05, 3.63) is 35.4 Å². The van der Waals surface area contributed by atoms with Crippen molar-refractivity contribution >= 4 is 34.1 Å². The van der Waals surface area contributed by atoms with E-state index in [-0.39, 0.29) is 18.3 Å². The average Bonchev–Trinajstić information content (AvgIpc) is 2.91. The van der Waals surface area contributed by atoms with E-state index in [1.165, 1.54) is 4.90 Å². The highest BCUT2D eigenvalue weighted by molar-refractivity contribution is 7.88. The maximum absolute atomic E-state index is 13.0. The Morgan fingerprint density at radius 3 is 2.76 bits per heavy atom. The number of likely N-dealkylation sites (tertiary alicyclic amines) is 1. The molecule has 11 nitrogen and oxygen atoms in total. The zero-order chi connectivity index (χ0) is 25.1. The largest absolute Gasteiger partial charge is 0.370 e. The summed E-state index contributed by atoms with van der Waals surface area (Å²) in [4.78, 5) is 41.9. The van der Waals surface area contributed by atoms with E-state index in [4.69, 9.17) is 11.5 Å². The van der Waals surface area contributed by atoms with Gasteiger partial charge in [0.1, 0.15) is 12.3 Å². The van der Waals surface area contributed by atoms with Gasteiger partial charge < -0.3 is 26.5 Å². The Kier molecular flexibility index (Phi) is 10.5. The number of benzene rings is 1. The summed E-state index contributed by atoms with van der Waals surface area (Å²) < 4.78 is 27.9. The van der Waals surface area contributed by atoms with E-state index in [0.717, 1.165) is 5.56 Å². The van der Waals surface area contributed by atoms with Gasteiger partial charge in [-0.2, -0.15) is 0 Å². The molecule has 1 aromatic carbocycles. The summed E-state index contributed by atoms with van der Waals surface area (Å²) >= 11 is 0. The molecule has 2 amide bonds. The number of nitrogens with one attached hydrogen (secondary N) is 2. The van der Waals surface area contributed by atoms with E-state index >= 15 is 0 Å². The van der Waals surface area contributed by atoms with Gasteiger partial charge in [-0.15, -0.1) is 0 Å². The minimum Gasteiger partial charge on any atom is -0.370 e. The van der Waals surface area contributed by atoms with E-state index in [2.05, 4.69) is 15.0 Å². The molecule has 0 radical (unpaired) electrons. The molecular formula is C22H34N6O5S. The number of guanidine groups is 1. The van der Waals surface area contributed by atoms with Crippen LogP contribution in [0.4, 0.5) is 0 Å². The van der Waals surface area contributed by atoms with E-state index in [1.54, 1.807) is 18.2 Å². The Balaban J connectivity index is 1.94. The van der Waals surface area contributed by atoms with Crippen LogP contribution in [0.2, 0.25) is 0 Å². The Morgan fingerprint density at radius 1 is 1.32 bits per heavy atom. The van der Waals surface area contributed by atoms with Gasteiger partial charge in [-0.3, -0.25) is 14.6 Å². The molecule has 1 aliphatic heterocycles. The Bertz CT molecular complexity index is 993. The lowest BCUT2D eigenvalue weighted by atomic mass is 10.1. The summed E-state index contributed by atoms with van der Waals surface area (Å²) in [5.74, 6) is -1.22. The molecule has 0 saturated carbocycles. The topological polar surface area (TPSA) is 177 Å². The molecule has 12 heteroatoms. The van der Waals surface area contributed by atoms with Crippen LogP contribution in [-0.4, -0.2) is 69.1 Å². The molecule has 1 fully saturated rings. The predicted octanol–water partition coefficient (Wildman–Crippen LogP) is -0.467. The van der Waals surface area contributed by atoms with Crippen molar-refractivity contribution in [2.45, 2.75) is 56.9 Å². The summed E-state index contributed by atoms with van der Waals surface area (Å²) in [6.45, 7) is 2.28. The quantitative estimate of drug-likeness (QED) is 0.131. The fraction of sp³-hybridized carbons (Fsp3) is 0.545. The van der Waals surface area contributed by atoms with Crippen molar-refractivity contribution in [3.8, 4) is 0 Å². The minimum atomic E-state index is -3.77. The second kappa shape index (κ2) is 13.0. The maximum atomic E-state index is 13.0. The highest BCUT2D eigenvalue weighted by Gasteiger charge is 2.31. The van der Waals surface area contributed by atoms with Gasteiger partial charge in [-0.25, -0.2) is 13.1 Å². The van der Waals surface area contributed by atoms with Crippen molar-refractivity contribution in [3.63, 3.8) is 0 Å². The van der Waals surface area contributed by atoms with Crippen LogP contribution in [0.1, 0.15) is 43.2 Å². The number of aliphatic imine (C=N–C) groups is 1.